The fourth-order valence-corrected chi connectivity index (χ4v) is 1.26. The number of aryl methyl sites for hydroxylation is 1. The molecule has 1 aromatic carbocycles. The number of benzene rings is 1. The van der Waals surface area contributed by atoms with Crippen molar-refractivity contribution in [2.45, 2.75) is 19.8 Å². The maximum absolute atomic E-state index is 11.1. The van der Waals surface area contributed by atoms with E-state index in [0.29, 0.717) is 13.0 Å². The van der Waals surface area contributed by atoms with Crippen molar-refractivity contribution in [3.8, 4) is 0 Å². The molecule has 75 valence electrons. The summed E-state index contributed by atoms with van der Waals surface area (Å²) in [7, 11) is 0. The molecule has 0 saturated carbocycles. The molecule has 0 aliphatic heterocycles. The smallest absolute Gasteiger partial charge is 0.306 e. The van der Waals surface area contributed by atoms with E-state index in [9.17, 15) is 4.79 Å². The number of esters is 1. The Balaban J connectivity index is 2.41. The first-order chi connectivity index (χ1) is 6.72. The second-order valence-corrected chi connectivity index (χ2v) is 3.12. The molecule has 0 aliphatic carbocycles. The van der Waals surface area contributed by atoms with Crippen LogP contribution >= 0.6 is 0 Å². The summed E-state index contributed by atoms with van der Waals surface area (Å²) in [5.74, 6) is -0.137. The SMILES string of the molecule is [CH2]c1cccc(CCC(=O)OCC)c1. The number of carbonyl (C=O) groups excluding carboxylic acids is 1. The molecule has 0 N–H and O–H groups in total. The van der Waals surface area contributed by atoms with E-state index in [1.54, 1.807) is 0 Å². The second kappa shape index (κ2) is 5.43. The normalized spacial score (nSPS) is 9.86. The van der Waals surface area contributed by atoms with Crippen LogP contribution in [0.15, 0.2) is 24.3 Å². The monoisotopic (exact) mass is 191 g/mol. The molecule has 0 unspecified atom stereocenters. The highest BCUT2D eigenvalue weighted by Gasteiger charge is 2.01. The van der Waals surface area contributed by atoms with Crippen molar-refractivity contribution in [3.63, 3.8) is 0 Å². The summed E-state index contributed by atoms with van der Waals surface area (Å²) in [6.07, 6.45) is 1.17. The first-order valence-electron chi connectivity index (χ1n) is 4.79. The van der Waals surface area contributed by atoms with Gasteiger partial charge in [0.2, 0.25) is 0 Å². The van der Waals surface area contributed by atoms with Crippen LogP contribution in [0.3, 0.4) is 0 Å². The van der Waals surface area contributed by atoms with E-state index in [1.807, 2.05) is 31.2 Å². The van der Waals surface area contributed by atoms with Gasteiger partial charge < -0.3 is 4.74 Å². The highest BCUT2D eigenvalue weighted by molar-refractivity contribution is 5.69. The Morgan fingerprint density at radius 2 is 2.29 bits per heavy atom. The van der Waals surface area contributed by atoms with Gasteiger partial charge in [0, 0.05) is 6.42 Å². The van der Waals surface area contributed by atoms with Gasteiger partial charge in [0.1, 0.15) is 0 Å². The zero-order valence-corrected chi connectivity index (χ0v) is 8.45. The first-order valence-corrected chi connectivity index (χ1v) is 4.79. The van der Waals surface area contributed by atoms with Crippen LogP contribution in [0.4, 0.5) is 0 Å². The largest absolute Gasteiger partial charge is 0.466 e. The molecule has 2 nitrogen and oxygen atoms in total. The van der Waals surface area contributed by atoms with Gasteiger partial charge in [0.15, 0.2) is 0 Å². The lowest BCUT2D eigenvalue weighted by Crippen LogP contribution is -2.05. The summed E-state index contributed by atoms with van der Waals surface area (Å²) >= 11 is 0. The number of rotatable bonds is 4. The molecule has 0 atom stereocenters. The lowest BCUT2D eigenvalue weighted by molar-refractivity contribution is -0.143. The van der Waals surface area contributed by atoms with Crippen LogP contribution in [-0.4, -0.2) is 12.6 Å². The van der Waals surface area contributed by atoms with E-state index >= 15 is 0 Å². The van der Waals surface area contributed by atoms with E-state index in [4.69, 9.17) is 4.74 Å². The Bertz CT molecular complexity index is 305. The van der Waals surface area contributed by atoms with Crippen molar-refractivity contribution in [1.82, 2.24) is 0 Å². The third-order valence-electron chi connectivity index (χ3n) is 1.91. The standard InChI is InChI=1S/C12H15O2/c1-3-14-12(13)8-7-11-6-4-5-10(2)9-11/h4-6,9H,2-3,7-8H2,1H3. The molecule has 1 radical (unpaired) electrons. The highest BCUT2D eigenvalue weighted by atomic mass is 16.5. The average molecular weight is 191 g/mol. The van der Waals surface area contributed by atoms with E-state index < -0.39 is 0 Å². The maximum atomic E-state index is 11.1. The Hall–Kier alpha value is -1.31. The molecule has 0 bridgehead atoms. The summed E-state index contributed by atoms with van der Waals surface area (Å²) in [4.78, 5) is 11.1. The Morgan fingerprint density at radius 3 is 2.93 bits per heavy atom. The predicted molar refractivity (Wildman–Crippen MR) is 55.9 cm³/mol. The van der Waals surface area contributed by atoms with E-state index in [2.05, 4.69) is 6.92 Å². The molecule has 0 fully saturated rings. The van der Waals surface area contributed by atoms with Gasteiger partial charge in [0.25, 0.3) is 0 Å². The van der Waals surface area contributed by atoms with Gasteiger partial charge in [0.05, 0.1) is 6.61 Å². The molecule has 0 aliphatic rings. The second-order valence-electron chi connectivity index (χ2n) is 3.12. The molecular formula is C12H15O2. The Labute approximate surface area is 84.9 Å². The van der Waals surface area contributed by atoms with Crippen LogP contribution in [0.5, 0.6) is 0 Å². The lowest BCUT2D eigenvalue weighted by atomic mass is 10.1. The van der Waals surface area contributed by atoms with Crippen molar-refractivity contribution in [2.24, 2.45) is 0 Å². The van der Waals surface area contributed by atoms with Gasteiger partial charge >= 0.3 is 5.97 Å². The van der Waals surface area contributed by atoms with Crippen LogP contribution in [0, 0.1) is 6.92 Å². The van der Waals surface area contributed by atoms with Crippen molar-refractivity contribution in [2.75, 3.05) is 6.61 Å². The fourth-order valence-electron chi connectivity index (χ4n) is 1.26. The molecular weight excluding hydrogens is 176 g/mol. The van der Waals surface area contributed by atoms with Crippen LogP contribution in [0.2, 0.25) is 0 Å². The van der Waals surface area contributed by atoms with Crippen LogP contribution in [-0.2, 0) is 16.0 Å². The topological polar surface area (TPSA) is 26.3 Å². The van der Waals surface area contributed by atoms with Crippen molar-refractivity contribution < 1.29 is 9.53 Å². The van der Waals surface area contributed by atoms with Gasteiger partial charge in [-0.1, -0.05) is 24.3 Å². The van der Waals surface area contributed by atoms with Gasteiger partial charge in [-0.15, -0.1) is 0 Å². The minimum atomic E-state index is -0.137. The molecule has 0 heterocycles. The van der Waals surface area contributed by atoms with Crippen molar-refractivity contribution in [1.29, 1.82) is 0 Å². The van der Waals surface area contributed by atoms with Gasteiger partial charge in [-0.05, 0) is 31.4 Å². The zero-order valence-electron chi connectivity index (χ0n) is 8.45. The molecule has 0 spiro atoms. The third kappa shape index (κ3) is 3.60. The third-order valence-corrected chi connectivity index (χ3v) is 1.91. The number of hydrogen-bond acceptors (Lipinski definition) is 2. The summed E-state index contributed by atoms with van der Waals surface area (Å²) in [6, 6.07) is 7.86. The molecule has 2 heteroatoms. The minimum absolute atomic E-state index is 0.137. The number of ether oxygens (including phenoxy) is 1. The van der Waals surface area contributed by atoms with Gasteiger partial charge in [-0.25, -0.2) is 0 Å². The summed E-state index contributed by atoms with van der Waals surface area (Å²) in [5.41, 5.74) is 2.11. The van der Waals surface area contributed by atoms with Gasteiger partial charge in [-0.3, -0.25) is 4.79 Å². The molecule has 0 amide bonds. The lowest BCUT2D eigenvalue weighted by Gasteiger charge is -2.02. The Morgan fingerprint density at radius 1 is 1.50 bits per heavy atom. The summed E-state index contributed by atoms with van der Waals surface area (Å²) < 4.78 is 4.84. The molecule has 0 saturated heterocycles. The summed E-state index contributed by atoms with van der Waals surface area (Å²) in [5, 5.41) is 0. The van der Waals surface area contributed by atoms with Crippen molar-refractivity contribution in [3.05, 3.63) is 42.3 Å². The number of hydrogen-bond donors (Lipinski definition) is 0. The predicted octanol–water partition coefficient (Wildman–Crippen LogP) is 2.36. The Kier molecular flexibility index (Phi) is 4.17. The van der Waals surface area contributed by atoms with Crippen LogP contribution < -0.4 is 0 Å². The molecule has 14 heavy (non-hydrogen) atoms. The van der Waals surface area contributed by atoms with Gasteiger partial charge in [-0.2, -0.15) is 0 Å². The first kappa shape index (κ1) is 10.8. The number of carbonyl (C=O) groups is 1. The summed E-state index contributed by atoms with van der Waals surface area (Å²) in [6.45, 7) is 6.10. The maximum Gasteiger partial charge on any atom is 0.306 e. The van der Waals surface area contributed by atoms with E-state index in [0.717, 1.165) is 17.5 Å². The zero-order chi connectivity index (χ0) is 10.4. The van der Waals surface area contributed by atoms with E-state index in [1.165, 1.54) is 0 Å². The quantitative estimate of drug-likeness (QED) is 0.683. The molecule has 0 aromatic heterocycles. The fraction of sp³-hybridized carbons (Fsp3) is 0.333. The minimum Gasteiger partial charge on any atom is -0.466 e. The molecule has 1 rings (SSSR count). The van der Waals surface area contributed by atoms with E-state index in [-0.39, 0.29) is 5.97 Å². The molecule has 1 aromatic rings. The average Bonchev–Trinajstić information content (AvgIpc) is 2.15. The van der Waals surface area contributed by atoms with Crippen LogP contribution in [0.1, 0.15) is 24.5 Å². The van der Waals surface area contributed by atoms with Crippen molar-refractivity contribution >= 4 is 5.97 Å². The highest BCUT2D eigenvalue weighted by Crippen LogP contribution is 2.06. The van der Waals surface area contributed by atoms with Crippen LogP contribution in [0.25, 0.3) is 0 Å².